The molecule has 1 aromatic carbocycles. The molecule has 2 N–H and O–H groups in total. The maximum atomic E-state index is 13.5. The summed E-state index contributed by atoms with van der Waals surface area (Å²) in [6.07, 6.45) is 0.928. The van der Waals surface area contributed by atoms with Crippen molar-refractivity contribution in [2.75, 3.05) is 0 Å². The van der Waals surface area contributed by atoms with Crippen molar-refractivity contribution in [3.8, 4) is 0 Å². The smallest absolute Gasteiger partial charge is 0.326 e. The minimum absolute atomic E-state index is 0.111. The van der Waals surface area contributed by atoms with Crippen LogP contribution in [-0.2, 0) is 4.79 Å². The molecule has 0 fully saturated rings. The van der Waals surface area contributed by atoms with E-state index in [0.717, 1.165) is 0 Å². The van der Waals surface area contributed by atoms with E-state index in [9.17, 15) is 14.0 Å². The molecule has 1 unspecified atom stereocenters. The van der Waals surface area contributed by atoms with Gasteiger partial charge < -0.3 is 10.4 Å². The summed E-state index contributed by atoms with van der Waals surface area (Å²) < 4.78 is 14.0. The number of amides is 1. The zero-order valence-electron chi connectivity index (χ0n) is 9.74. The molecule has 0 saturated carbocycles. The number of carbonyl (C=O) groups excluding carboxylic acids is 1. The van der Waals surface area contributed by atoms with Crippen molar-refractivity contribution < 1.29 is 19.1 Å². The SMILES string of the molecule is CCCC(NC(=O)c1c(F)cccc1I)C(=O)O. The third-order valence-electron chi connectivity index (χ3n) is 2.37. The summed E-state index contributed by atoms with van der Waals surface area (Å²) in [4.78, 5) is 22.8. The van der Waals surface area contributed by atoms with Crippen LogP contribution >= 0.6 is 22.6 Å². The van der Waals surface area contributed by atoms with Gasteiger partial charge in [-0.1, -0.05) is 19.4 Å². The first-order valence-corrected chi connectivity index (χ1v) is 6.53. The van der Waals surface area contributed by atoms with E-state index in [1.54, 1.807) is 6.07 Å². The van der Waals surface area contributed by atoms with Crippen molar-refractivity contribution in [1.82, 2.24) is 5.32 Å². The van der Waals surface area contributed by atoms with E-state index in [1.165, 1.54) is 12.1 Å². The lowest BCUT2D eigenvalue weighted by Gasteiger charge is -2.14. The first-order chi connectivity index (χ1) is 8.47. The largest absolute Gasteiger partial charge is 0.480 e. The van der Waals surface area contributed by atoms with Gasteiger partial charge >= 0.3 is 5.97 Å². The molecule has 1 atom stereocenters. The third kappa shape index (κ3) is 3.66. The number of carboxylic acids is 1. The zero-order valence-corrected chi connectivity index (χ0v) is 11.9. The molecule has 1 amide bonds. The third-order valence-corrected chi connectivity index (χ3v) is 3.27. The normalized spacial score (nSPS) is 11.9. The summed E-state index contributed by atoms with van der Waals surface area (Å²) in [7, 11) is 0. The Balaban J connectivity index is 2.90. The van der Waals surface area contributed by atoms with Crippen LogP contribution in [0.5, 0.6) is 0 Å². The Bertz CT molecular complexity index is 444. The average molecular weight is 365 g/mol. The number of benzene rings is 1. The van der Waals surface area contributed by atoms with Crippen molar-refractivity contribution in [2.45, 2.75) is 25.8 Å². The number of hydrogen-bond acceptors (Lipinski definition) is 2. The fourth-order valence-corrected chi connectivity index (χ4v) is 2.20. The molecule has 4 nitrogen and oxygen atoms in total. The molecule has 0 aromatic heterocycles. The van der Waals surface area contributed by atoms with Gasteiger partial charge in [-0.05, 0) is 41.1 Å². The number of rotatable bonds is 5. The van der Waals surface area contributed by atoms with Crippen LogP contribution in [0.1, 0.15) is 30.1 Å². The van der Waals surface area contributed by atoms with E-state index in [4.69, 9.17) is 5.11 Å². The Morgan fingerprint density at radius 1 is 1.50 bits per heavy atom. The molecule has 0 spiro atoms. The highest BCUT2D eigenvalue weighted by Gasteiger charge is 2.22. The van der Waals surface area contributed by atoms with Crippen LogP contribution in [0.15, 0.2) is 18.2 Å². The summed E-state index contributed by atoms with van der Waals surface area (Å²) in [5.74, 6) is -2.46. The van der Waals surface area contributed by atoms with E-state index in [-0.39, 0.29) is 5.56 Å². The standard InChI is InChI=1S/C12H13FINO3/c1-2-4-9(12(17)18)15-11(16)10-7(13)5-3-6-8(10)14/h3,5-6,9H,2,4H2,1H3,(H,15,16)(H,17,18). The number of carbonyl (C=O) groups is 2. The van der Waals surface area contributed by atoms with Crippen molar-refractivity contribution in [2.24, 2.45) is 0 Å². The molecule has 98 valence electrons. The summed E-state index contributed by atoms with van der Waals surface area (Å²) in [6.45, 7) is 1.81. The molecule has 18 heavy (non-hydrogen) atoms. The fraction of sp³-hybridized carbons (Fsp3) is 0.333. The highest BCUT2D eigenvalue weighted by Crippen LogP contribution is 2.16. The topological polar surface area (TPSA) is 66.4 Å². The molecule has 0 aliphatic carbocycles. The first kappa shape index (κ1) is 14.9. The average Bonchev–Trinajstić information content (AvgIpc) is 2.28. The van der Waals surface area contributed by atoms with Gasteiger partial charge in [-0.15, -0.1) is 0 Å². The van der Waals surface area contributed by atoms with E-state index in [2.05, 4.69) is 5.32 Å². The number of nitrogens with one attached hydrogen (secondary N) is 1. The maximum absolute atomic E-state index is 13.5. The molecule has 0 aliphatic rings. The van der Waals surface area contributed by atoms with E-state index < -0.39 is 23.7 Å². The lowest BCUT2D eigenvalue weighted by Crippen LogP contribution is -2.41. The number of halogens is 2. The van der Waals surface area contributed by atoms with Gasteiger partial charge in [0.25, 0.3) is 5.91 Å². The van der Waals surface area contributed by atoms with Gasteiger partial charge in [0, 0.05) is 3.57 Å². The van der Waals surface area contributed by atoms with Gasteiger partial charge in [-0.25, -0.2) is 9.18 Å². The summed E-state index contributed by atoms with van der Waals surface area (Å²) in [5, 5.41) is 11.3. The van der Waals surface area contributed by atoms with Gasteiger partial charge in [0.2, 0.25) is 0 Å². The van der Waals surface area contributed by atoms with Crippen LogP contribution in [-0.4, -0.2) is 23.0 Å². The fourth-order valence-electron chi connectivity index (χ4n) is 1.49. The predicted molar refractivity (Wildman–Crippen MR) is 72.9 cm³/mol. The second-order valence-electron chi connectivity index (χ2n) is 3.75. The zero-order chi connectivity index (χ0) is 13.7. The van der Waals surface area contributed by atoms with Gasteiger partial charge in [0.05, 0.1) is 5.56 Å². The Hall–Kier alpha value is -1.18. The molecular weight excluding hydrogens is 352 g/mol. The number of aliphatic carboxylic acids is 1. The lowest BCUT2D eigenvalue weighted by atomic mass is 10.1. The Labute approximate surface area is 118 Å². The quantitative estimate of drug-likeness (QED) is 0.788. The molecule has 0 aliphatic heterocycles. The number of carboxylic acid groups (broad SMARTS) is 1. The molecule has 0 saturated heterocycles. The second-order valence-corrected chi connectivity index (χ2v) is 4.91. The molecule has 0 heterocycles. The van der Waals surface area contributed by atoms with Crippen molar-refractivity contribution in [3.05, 3.63) is 33.1 Å². The first-order valence-electron chi connectivity index (χ1n) is 5.45. The van der Waals surface area contributed by atoms with Crippen LogP contribution < -0.4 is 5.32 Å². The highest BCUT2D eigenvalue weighted by molar-refractivity contribution is 14.1. The Kier molecular flexibility index (Phi) is 5.52. The van der Waals surface area contributed by atoms with Crippen molar-refractivity contribution >= 4 is 34.5 Å². The lowest BCUT2D eigenvalue weighted by molar-refractivity contribution is -0.139. The van der Waals surface area contributed by atoms with Gasteiger partial charge in [-0.3, -0.25) is 4.79 Å². The Morgan fingerprint density at radius 3 is 2.67 bits per heavy atom. The predicted octanol–water partition coefficient (Wildman–Crippen LogP) is 2.41. The summed E-state index contributed by atoms with van der Waals surface area (Å²) in [5.41, 5.74) is -0.111. The van der Waals surface area contributed by atoms with Gasteiger partial charge in [0.1, 0.15) is 11.9 Å². The van der Waals surface area contributed by atoms with E-state index in [0.29, 0.717) is 16.4 Å². The minimum Gasteiger partial charge on any atom is -0.480 e. The molecule has 0 radical (unpaired) electrons. The second kappa shape index (κ2) is 6.67. The summed E-state index contributed by atoms with van der Waals surface area (Å²) >= 11 is 1.84. The molecule has 1 rings (SSSR count). The monoisotopic (exact) mass is 365 g/mol. The molecule has 0 bridgehead atoms. The summed E-state index contributed by atoms with van der Waals surface area (Å²) in [6, 6.07) is 3.27. The van der Waals surface area contributed by atoms with Crippen LogP contribution in [0.2, 0.25) is 0 Å². The highest BCUT2D eigenvalue weighted by atomic mass is 127. The molecule has 6 heteroatoms. The molecule has 1 aromatic rings. The van der Waals surface area contributed by atoms with E-state index >= 15 is 0 Å². The van der Waals surface area contributed by atoms with Gasteiger partial charge in [0.15, 0.2) is 0 Å². The van der Waals surface area contributed by atoms with Crippen LogP contribution in [0.3, 0.4) is 0 Å². The van der Waals surface area contributed by atoms with Crippen LogP contribution in [0.25, 0.3) is 0 Å². The number of hydrogen-bond donors (Lipinski definition) is 2. The van der Waals surface area contributed by atoms with Crippen molar-refractivity contribution in [3.63, 3.8) is 0 Å². The van der Waals surface area contributed by atoms with Crippen LogP contribution in [0, 0.1) is 9.39 Å². The van der Waals surface area contributed by atoms with Crippen LogP contribution in [0.4, 0.5) is 4.39 Å². The van der Waals surface area contributed by atoms with E-state index in [1.807, 2.05) is 29.5 Å². The van der Waals surface area contributed by atoms with Crippen molar-refractivity contribution in [1.29, 1.82) is 0 Å². The molecular formula is C12H13FINO3. The Morgan fingerprint density at radius 2 is 2.17 bits per heavy atom. The van der Waals surface area contributed by atoms with Gasteiger partial charge in [-0.2, -0.15) is 0 Å². The maximum Gasteiger partial charge on any atom is 0.326 e. The minimum atomic E-state index is -1.11.